The summed E-state index contributed by atoms with van der Waals surface area (Å²) in [6, 6.07) is 5.02. The van der Waals surface area contributed by atoms with Crippen LogP contribution in [0.25, 0.3) is 0 Å². The molecule has 0 unspecified atom stereocenters. The minimum Gasteiger partial charge on any atom is -0.309 e. The second-order valence-electron chi connectivity index (χ2n) is 6.78. The molecule has 144 valence electrons. The van der Waals surface area contributed by atoms with Gasteiger partial charge in [-0.05, 0) is 38.3 Å². The Bertz CT molecular complexity index is 706. The van der Waals surface area contributed by atoms with Crippen LogP contribution < -0.4 is 5.32 Å². The van der Waals surface area contributed by atoms with Crippen molar-refractivity contribution in [2.24, 2.45) is 0 Å². The van der Waals surface area contributed by atoms with Crippen molar-refractivity contribution in [3.8, 4) is 0 Å². The smallest absolute Gasteiger partial charge is 0.282 e. The Balaban J connectivity index is 1.58. The van der Waals surface area contributed by atoms with Gasteiger partial charge in [0.2, 0.25) is 5.91 Å². The summed E-state index contributed by atoms with van der Waals surface area (Å²) in [6.07, 6.45) is 4.22. The van der Waals surface area contributed by atoms with E-state index in [9.17, 15) is 13.2 Å². The van der Waals surface area contributed by atoms with Crippen LogP contribution in [0.1, 0.15) is 26.2 Å². The second-order valence-corrected chi connectivity index (χ2v) is 8.71. The summed E-state index contributed by atoms with van der Waals surface area (Å²) in [5.74, 6) is 0.400. The van der Waals surface area contributed by atoms with E-state index in [0.29, 0.717) is 51.5 Å². The average Bonchev–Trinajstić information content (AvgIpc) is 3.07. The van der Waals surface area contributed by atoms with E-state index in [2.05, 4.69) is 10.3 Å². The summed E-state index contributed by atoms with van der Waals surface area (Å²) in [5, 5.41) is 2.81. The standard InChI is InChI=1S/C17H27N5O3S/c1-15(17(23)19-16-7-2-3-8-18-16)20-9-6-12-22(14-13-20)26(24,25)21-10-4-5-11-21/h2-3,7-8,15H,4-6,9-14H2,1H3,(H,18,19,23)/t15-/m1/s1. The molecule has 1 N–H and O–H groups in total. The number of aromatic nitrogens is 1. The van der Waals surface area contributed by atoms with Gasteiger partial charge >= 0.3 is 0 Å². The molecular formula is C17H27N5O3S. The molecule has 9 heteroatoms. The molecule has 2 aliphatic rings. The van der Waals surface area contributed by atoms with Crippen molar-refractivity contribution in [3.63, 3.8) is 0 Å². The number of hydrogen-bond acceptors (Lipinski definition) is 5. The van der Waals surface area contributed by atoms with E-state index < -0.39 is 10.2 Å². The number of amides is 1. The summed E-state index contributed by atoms with van der Waals surface area (Å²) in [5.41, 5.74) is 0. The SMILES string of the molecule is C[C@H](C(=O)Nc1ccccn1)N1CCCN(S(=O)(=O)N2CCCC2)CC1. The van der Waals surface area contributed by atoms with Gasteiger partial charge in [-0.25, -0.2) is 4.98 Å². The fourth-order valence-corrected chi connectivity index (χ4v) is 5.17. The van der Waals surface area contributed by atoms with Gasteiger partial charge in [0.25, 0.3) is 10.2 Å². The molecule has 26 heavy (non-hydrogen) atoms. The predicted octanol–water partition coefficient (Wildman–Crippen LogP) is 0.757. The molecule has 0 saturated carbocycles. The molecule has 1 amide bonds. The van der Waals surface area contributed by atoms with Crippen LogP contribution in [0.4, 0.5) is 5.82 Å². The van der Waals surface area contributed by atoms with Crippen LogP contribution in [0, 0.1) is 0 Å². The number of nitrogens with zero attached hydrogens (tertiary/aromatic N) is 4. The zero-order chi connectivity index (χ0) is 18.6. The molecule has 0 aliphatic carbocycles. The third kappa shape index (κ3) is 4.40. The van der Waals surface area contributed by atoms with Crippen molar-refractivity contribution in [1.29, 1.82) is 0 Å². The lowest BCUT2D eigenvalue weighted by atomic mass is 10.2. The number of anilines is 1. The van der Waals surface area contributed by atoms with E-state index in [0.717, 1.165) is 12.8 Å². The third-order valence-corrected chi connectivity index (χ3v) is 7.09. The number of nitrogens with one attached hydrogen (secondary N) is 1. The monoisotopic (exact) mass is 381 g/mol. The van der Waals surface area contributed by atoms with Crippen LogP contribution in [0.2, 0.25) is 0 Å². The van der Waals surface area contributed by atoms with Crippen LogP contribution in [0.3, 0.4) is 0 Å². The highest BCUT2D eigenvalue weighted by atomic mass is 32.2. The van der Waals surface area contributed by atoms with Crippen LogP contribution >= 0.6 is 0 Å². The van der Waals surface area contributed by atoms with Gasteiger partial charge in [0.1, 0.15) is 5.82 Å². The van der Waals surface area contributed by atoms with Gasteiger partial charge in [0.05, 0.1) is 6.04 Å². The third-order valence-electron chi connectivity index (χ3n) is 5.05. The number of carbonyl (C=O) groups is 1. The Morgan fingerprint density at radius 1 is 1.04 bits per heavy atom. The quantitative estimate of drug-likeness (QED) is 0.814. The van der Waals surface area contributed by atoms with Gasteiger partial charge in [-0.3, -0.25) is 9.69 Å². The second kappa shape index (κ2) is 8.43. The Kier molecular flexibility index (Phi) is 6.23. The lowest BCUT2D eigenvalue weighted by molar-refractivity contribution is -0.120. The maximum absolute atomic E-state index is 12.7. The average molecular weight is 382 g/mol. The minimum absolute atomic E-state index is 0.125. The lowest BCUT2D eigenvalue weighted by Gasteiger charge is -2.28. The maximum atomic E-state index is 12.7. The highest BCUT2D eigenvalue weighted by molar-refractivity contribution is 7.86. The number of hydrogen-bond donors (Lipinski definition) is 1. The first-order chi connectivity index (χ1) is 12.5. The summed E-state index contributed by atoms with van der Waals surface area (Å²) in [6.45, 7) is 5.25. The van der Waals surface area contributed by atoms with E-state index in [-0.39, 0.29) is 11.9 Å². The number of pyridine rings is 1. The van der Waals surface area contributed by atoms with Crippen molar-refractivity contribution in [2.45, 2.75) is 32.2 Å². The molecule has 1 atom stereocenters. The first kappa shape index (κ1) is 19.2. The van der Waals surface area contributed by atoms with Gasteiger partial charge in [0, 0.05) is 45.5 Å². The Morgan fingerprint density at radius 2 is 1.73 bits per heavy atom. The summed E-state index contributed by atoms with van der Waals surface area (Å²) in [4.78, 5) is 18.6. The highest BCUT2D eigenvalue weighted by Gasteiger charge is 2.34. The lowest BCUT2D eigenvalue weighted by Crippen LogP contribution is -2.46. The van der Waals surface area contributed by atoms with Crippen LogP contribution in [0.15, 0.2) is 24.4 Å². The van der Waals surface area contributed by atoms with Gasteiger partial charge in [-0.15, -0.1) is 0 Å². The van der Waals surface area contributed by atoms with Crippen LogP contribution in [-0.2, 0) is 15.0 Å². The minimum atomic E-state index is -3.37. The highest BCUT2D eigenvalue weighted by Crippen LogP contribution is 2.19. The van der Waals surface area contributed by atoms with Gasteiger partial charge < -0.3 is 5.32 Å². The van der Waals surface area contributed by atoms with Crippen molar-refractivity contribution in [1.82, 2.24) is 18.5 Å². The maximum Gasteiger partial charge on any atom is 0.282 e. The zero-order valence-corrected chi connectivity index (χ0v) is 16.0. The summed E-state index contributed by atoms with van der Waals surface area (Å²) >= 11 is 0. The van der Waals surface area contributed by atoms with Crippen molar-refractivity contribution in [3.05, 3.63) is 24.4 Å². The van der Waals surface area contributed by atoms with Crippen molar-refractivity contribution in [2.75, 3.05) is 44.6 Å². The first-order valence-electron chi connectivity index (χ1n) is 9.19. The van der Waals surface area contributed by atoms with Gasteiger partial charge in [0.15, 0.2) is 0 Å². The summed E-state index contributed by atoms with van der Waals surface area (Å²) < 4.78 is 28.6. The molecule has 0 radical (unpaired) electrons. The van der Waals surface area contributed by atoms with Crippen molar-refractivity contribution >= 4 is 21.9 Å². The van der Waals surface area contributed by atoms with E-state index in [1.807, 2.05) is 17.9 Å². The molecule has 0 spiro atoms. The topological polar surface area (TPSA) is 85.9 Å². The molecule has 2 saturated heterocycles. The fraction of sp³-hybridized carbons (Fsp3) is 0.647. The molecule has 3 heterocycles. The molecule has 2 fully saturated rings. The fourth-order valence-electron chi connectivity index (χ4n) is 3.45. The van der Waals surface area contributed by atoms with Gasteiger partial charge in [-0.1, -0.05) is 6.07 Å². The zero-order valence-electron chi connectivity index (χ0n) is 15.2. The first-order valence-corrected chi connectivity index (χ1v) is 10.6. The van der Waals surface area contributed by atoms with Crippen LogP contribution in [0.5, 0.6) is 0 Å². The van der Waals surface area contributed by atoms with E-state index >= 15 is 0 Å². The number of rotatable bonds is 5. The van der Waals surface area contributed by atoms with E-state index in [1.165, 1.54) is 0 Å². The Labute approximate surface area is 155 Å². The summed E-state index contributed by atoms with van der Waals surface area (Å²) in [7, 11) is -3.37. The number of carbonyl (C=O) groups excluding carboxylic acids is 1. The predicted molar refractivity (Wildman–Crippen MR) is 99.8 cm³/mol. The Hall–Kier alpha value is -1.55. The van der Waals surface area contributed by atoms with Crippen LogP contribution in [-0.4, -0.2) is 78.1 Å². The molecule has 1 aromatic heterocycles. The molecular weight excluding hydrogens is 354 g/mol. The largest absolute Gasteiger partial charge is 0.309 e. The molecule has 1 aromatic rings. The van der Waals surface area contributed by atoms with E-state index in [4.69, 9.17) is 0 Å². The molecule has 8 nitrogen and oxygen atoms in total. The molecule has 0 bridgehead atoms. The normalized spacial score (nSPS) is 22.0. The van der Waals surface area contributed by atoms with Crippen molar-refractivity contribution < 1.29 is 13.2 Å². The Morgan fingerprint density at radius 3 is 2.42 bits per heavy atom. The van der Waals surface area contributed by atoms with E-state index in [1.54, 1.807) is 26.9 Å². The molecule has 0 aromatic carbocycles. The molecule has 3 rings (SSSR count). The molecule has 2 aliphatic heterocycles. The van der Waals surface area contributed by atoms with Gasteiger partial charge in [-0.2, -0.15) is 17.0 Å².